The highest BCUT2D eigenvalue weighted by Crippen LogP contribution is 2.52. The van der Waals surface area contributed by atoms with E-state index in [4.69, 9.17) is 0 Å². The molecule has 5 rings (SSSR count). The smallest absolute Gasteiger partial charge is 0.211 e. The zero-order valence-electron chi connectivity index (χ0n) is 27.0. The van der Waals surface area contributed by atoms with Gasteiger partial charge in [0.1, 0.15) is 0 Å². The molecule has 0 spiro atoms. The Morgan fingerprint density at radius 3 is 2.05 bits per heavy atom. The maximum Gasteiger partial charge on any atom is 0.211 e. The van der Waals surface area contributed by atoms with Crippen LogP contribution >= 0.6 is 0 Å². The second-order valence-corrected chi connectivity index (χ2v) is 15.1. The highest BCUT2D eigenvalue weighted by Gasteiger charge is 2.48. The normalized spacial score (nSPS) is 21.3. The highest BCUT2D eigenvalue weighted by atomic mass is 32.2. The molecular weight excluding hydrogens is 552 g/mol. The van der Waals surface area contributed by atoms with Crippen LogP contribution in [0.2, 0.25) is 0 Å². The van der Waals surface area contributed by atoms with Gasteiger partial charge in [-0.25, -0.2) is 13.1 Å². The van der Waals surface area contributed by atoms with Crippen LogP contribution in [-0.2, 0) is 21.9 Å². The van der Waals surface area contributed by atoms with E-state index in [0.29, 0.717) is 19.4 Å². The van der Waals surface area contributed by atoms with Gasteiger partial charge in [0, 0.05) is 45.3 Å². The molecule has 4 aromatic rings. The van der Waals surface area contributed by atoms with E-state index in [0.717, 1.165) is 44.0 Å². The Morgan fingerprint density at radius 2 is 1.42 bits per heavy atom. The number of nitrogens with zero attached hydrogens (tertiary/aromatic N) is 1. The Hall–Kier alpha value is -2.61. The van der Waals surface area contributed by atoms with Gasteiger partial charge < -0.3 is 14.9 Å². The van der Waals surface area contributed by atoms with Crippen LogP contribution in [0.15, 0.2) is 48.5 Å². The van der Waals surface area contributed by atoms with Crippen molar-refractivity contribution >= 4 is 31.8 Å². The third-order valence-corrected chi connectivity index (χ3v) is 11.9. The molecule has 2 aromatic carbocycles. The quantitative estimate of drug-likeness (QED) is 0.128. The fraction of sp³-hybridized carbons (Fsp3) is 0.556. The maximum atomic E-state index is 12.8. The SMILES string of the molecule is CCCCCS(=O)(=O)NCCc1c(C2(c3[nH]c4ccccc4c3C)CCC(CCCC)(N(C)C)CC2)[nH]c2ccccc12. The topological polar surface area (TPSA) is 81.0 Å². The predicted octanol–water partition coefficient (Wildman–Crippen LogP) is 7.96. The Balaban J connectivity index is 1.59. The molecular formula is C36H52N4O2S. The Morgan fingerprint density at radius 1 is 0.814 bits per heavy atom. The van der Waals surface area contributed by atoms with Crippen LogP contribution in [-0.4, -0.2) is 55.2 Å². The molecule has 1 aliphatic rings. The van der Waals surface area contributed by atoms with E-state index >= 15 is 0 Å². The van der Waals surface area contributed by atoms with Crippen molar-refractivity contribution in [3.63, 3.8) is 0 Å². The molecule has 1 aliphatic carbocycles. The predicted molar refractivity (Wildman–Crippen MR) is 182 cm³/mol. The molecule has 1 saturated carbocycles. The van der Waals surface area contributed by atoms with E-state index < -0.39 is 10.0 Å². The minimum Gasteiger partial charge on any atom is -0.357 e. The summed E-state index contributed by atoms with van der Waals surface area (Å²) >= 11 is 0. The molecule has 43 heavy (non-hydrogen) atoms. The van der Waals surface area contributed by atoms with Gasteiger partial charge in [-0.15, -0.1) is 0 Å². The fourth-order valence-electron chi connectivity index (χ4n) is 7.77. The average Bonchev–Trinajstić information content (AvgIpc) is 3.55. The van der Waals surface area contributed by atoms with Crippen molar-refractivity contribution in [2.24, 2.45) is 0 Å². The molecule has 7 heteroatoms. The van der Waals surface area contributed by atoms with Crippen molar-refractivity contribution < 1.29 is 8.42 Å². The number of hydrogen-bond donors (Lipinski definition) is 3. The standard InChI is InChI=1S/C36H52N4O2S/c1-6-8-14-26-43(41,42)37-25-19-30-29-16-11-13-18-32(29)39-34(30)36(33-27(3)28-15-10-12-17-31(28)38-33)23-21-35(22-24-36,40(4)5)20-9-7-2/h10-13,15-18,37-39H,6-9,14,19-26H2,1-5H3. The van der Waals surface area contributed by atoms with Gasteiger partial charge in [0.05, 0.1) is 11.2 Å². The minimum absolute atomic E-state index is 0.194. The molecule has 0 bridgehead atoms. The Labute approximate surface area is 259 Å². The molecule has 6 nitrogen and oxygen atoms in total. The van der Waals surface area contributed by atoms with Crippen LogP contribution in [0.1, 0.15) is 101 Å². The summed E-state index contributed by atoms with van der Waals surface area (Å²) in [4.78, 5) is 10.3. The van der Waals surface area contributed by atoms with Crippen LogP contribution in [0.4, 0.5) is 0 Å². The lowest BCUT2D eigenvalue weighted by atomic mass is 9.61. The van der Waals surface area contributed by atoms with Crippen LogP contribution in [0.25, 0.3) is 21.8 Å². The molecule has 3 N–H and O–H groups in total. The third kappa shape index (κ3) is 6.31. The number of hydrogen-bond acceptors (Lipinski definition) is 3. The van der Waals surface area contributed by atoms with Crippen molar-refractivity contribution in [3.8, 4) is 0 Å². The lowest BCUT2D eigenvalue weighted by molar-refractivity contribution is 0.0643. The summed E-state index contributed by atoms with van der Waals surface area (Å²) < 4.78 is 28.5. The van der Waals surface area contributed by atoms with Crippen molar-refractivity contribution in [2.75, 3.05) is 26.4 Å². The number of aryl methyl sites for hydroxylation is 1. The van der Waals surface area contributed by atoms with E-state index in [1.54, 1.807) is 0 Å². The Bertz CT molecular complexity index is 1620. The molecule has 0 saturated heterocycles. The molecule has 2 heterocycles. The van der Waals surface area contributed by atoms with Crippen molar-refractivity contribution in [1.82, 2.24) is 19.6 Å². The molecule has 0 amide bonds. The summed E-state index contributed by atoms with van der Waals surface area (Å²) in [5, 5.41) is 2.48. The van der Waals surface area contributed by atoms with E-state index in [-0.39, 0.29) is 16.7 Å². The number of H-pyrrole nitrogens is 2. The van der Waals surface area contributed by atoms with E-state index in [1.165, 1.54) is 58.1 Å². The van der Waals surface area contributed by atoms with Gasteiger partial charge in [0.2, 0.25) is 10.0 Å². The van der Waals surface area contributed by atoms with Gasteiger partial charge in [0.25, 0.3) is 0 Å². The zero-order chi connectivity index (χ0) is 30.7. The van der Waals surface area contributed by atoms with E-state index in [2.05, 4.69) is 103 Å². The molecule has 234 valence electrons. The largest absolute Gasteiger partial charge is 0.357 e. The van der Waals surface area contributed by atoms with Crippen molar-refractivity contribution in [2.45, 2.75) is 102 Å². The number of unbranched alkanes of at least 4 members (excludes halogenated alkanes) is 3. The number of benzene rings is 2. The van der Waals surface area contributed by atoms with Crippen LogP contribution in [0.5, 0.6) is 0 Å². The number of rotatable bonds is 14. The molecule has 2 aromatic heterocycles. The number of fused-ring (bicyclic) bond motifs is 2. The molecule has 0 unspecified atom stereocenters. The second-order valence-electron chi connectivity index (χ2n) is 13.2. The van der Waals surface area contributed by atoms with E-state index in [9.17, 15) is 8.42 Å². The summed E-state index contributed by atoms with van der Waals surface area (Å²) in [7, 11) is 1.23. The summed E-state index contributed by atoms with van der Waals surface area (Å²) in [6.45, 7) is 7.07. The van der Waals surface area contributed by atoms with Gasteiger partial charge in [-0.2, -0.15) is 0 Å². The molecule has 1 fully saturated rings. The summed E-state index contributed by atoms with van der Waals surface area (Å²) in [5.41, 5.74) is 7.42. The summed E-state index contributed by atoms with van der Waals surface area (Å²) in [5.74, 6) is 0.199. The van der Waals surface area contributed by atoms with Gasteiger partial charge in [-0.05, 0) is 89.2 Å². The highest BCUT2D eigenvalue weighted by molar-refractivity contribution is 7.89. The van der Waals surface area contributed by atoms with Crippen LogP contribution in [0.3, 0.4) is 0 Å². The van der Waals surface area contributed by atoms with Crippen LogP contribution < -0.4 is 4.72 Å². The first-order valence-electron chi connectivity index (χ1n) is 16.5. The molecule has 0 atom stereocenters. The number of nitrogens with one attached hydrogen (secondary N) is 3. The third-order valence-electron chi connectivity index (χ3n) is 10.4. The summed E-state index contributed by atoms with van der Waals surface area (Å²) in [6.07, 6.45) is 11.3. The minimum atomic E-state index is -3.30. The van der Waals surface area contributed by atoms with E-state index in [1.807, 2.05) is 0 Å². The second kappa shape index (κ2) is 13.2. The Kier molecular flexibility index (Phi) is 9.74. The molecule has 0 aliphatic heterocycles. The van der Waals surface area contributed by atoms with Gasteiger partial charge in [0.15, 0.2) is 0 Å². The molecule has 0 radical (unpaired) electrons. The lowest BCUT2D eigenvalue weighted by Crippen LogP contribution is -2.51. The van der Waals surface area contributed by atoms with Crippen molar-refractivity contribution in [1.29, 1.82) is 0 Å². The number of para-hydroxylation sites is 2. The van der Waals surface area contributed by atoms with Crippen molar-refractivity contribution in [3.05, 3.63) is 71.0 Å². The first kappa shape index (κ1) is 31.8. The first-order valence-corrected chi connectivity index (χ1v) is 18.1. The van der Waals surface area contributed by atoms with Crippen LogP contribution in [0, 0.1) is 6.92 Å². The van der Waals surface area contributed by atoms with Gasteiger partial charge >= 0.3 is 0 Å². The zero-order valence-corrected chi connectivity index (χ0v) is 27.8. The number of aromatic amines is 2. The lowest BCUT2D eigenvalue weighted by Gasteiger charge is -2.50. The monoisotopic (exact) mass is 604 g/mol. The average molecular weight is 605 g/mol. The first-order chi connectivity index (χ1) is 20.7. The van der Waals surface area contributed by atoms with Gasteiger partial charge in [-0.3, -0.25) is 0 Å². The number of sulfonamides is 1. The number of aromatic nitrogens is 2. The maximum absolute atomic E-state index is 12.8. The summed E-state index contributed by atoms with van der Waals surface area (Å²) in [6, 6.07) is 17.2. The fourth-order valence-corrected chi connectivity index (χ4v) is 8.91. The van der Waals surface area contributed by atoms with Gasteiger partial charge in [-0.1, -0.05) is 75.9 Å².